The van der Waals surface area contributed by atoms with Crippen molar-refractivity contribution < 1.29 is 4.74 Å². The number of nitrogens with one attached hydrogen (secondary N) is 1. The fourth-order valence-corrected chi connectivity index (χ4v) is 3.38. The number of guanidine groups is 1. The highest BCUT2D eigenvalue weighted by molar-refractivity contribution is 14.0. The second kappa shape index (κ2) is 11.7. The number of ether oxygens (including phenoxy) is 1. The van der Waals surface area contributed by atoms with E-state index in [1.807, 2.05) is 0 Å². The zero-order valence-corrected chi connectivity index (χ0v) is 18.5. The van der Waals surface area contributed by atoms with Crippen LogP contribution in [0.3, 0.4) is 0 Å². The normalized spacial score (nSPS) is 17.5. The number of aryl methyl sites for hydroxylation is 2. The van der Waals surface area contributed by atoms with Gasteiger partial charge < -0.3 is 15.0 Å². The van der Waals surface area contributed by atoms with Crippen LogP contribution in [0.15, 0.2) is 23.2 Å². The van der Waals surface area contributed by atoms with Gasteiger partial charge in [0.15, 0.2) is 5.96 Å². The smallest absolute Gasteiger partial charge is 0.193 e. The number of nitrogens with zero attached hydrogens (tertiary/aromatic N) is 2. The molecule has 1 aromatic rings. The lowest BCUT2D eigenvalue weighted by Crippen LogP contribution is -2.40. The SMILES string of the molecule is CCNC(=NCCc1cc(C)cc(C)c1)N1CCC(COCC)C1.I. The molecule has 0 spiro atoms. The highest BCUT2D eigenvalue weighted by Gasteiger charge is 2.24. The van der Waals surface area contributed by atoms with E-state index in [9.17, 15) is 0 Å². The van der Waals surface area contributed by atoms with E-state index in [0.717, 1.165) is 51.8 Å². The van der Waals surface area contributed by atoms with Gasteiger partial charge in [0.1, 0.15) is 0 Å². The van der Waals surface area contributed by atoms with Crippen molar-refractivity contribution in [2.45, 2.75) is 40.5 Å². The third-order valence-electron chi connectivity index (χ3n) is 4.42. The minimum Gasteiger partial charge on any atom is -0.381 e. The van der Waals surface area contributed by atoms with Crippen LogP contribution < -0.4 is 5.32 Å². The summed E-state index contributed by atoms with van der Waals surface area (Å²) >= 11 is 0. The van der Waals surface area contributed by atoms with Crippen LogP contribution in [-0.4, -0.2) is 50.3 Å². The summed E-state index contributed by atoms with van der Waals surface area (Å²) in [5.74, 6) is 1.69. The molecule has 142 valence electrons. The fraction of sp³-hybridized carbons (Fsp3) is 0.650. The van der Waals surface area contributed by atoms with Gasteiger partial charge in [-0.3, -0.25) is 4.99 Å². The zero-order chi connectivity index (χ0) is 17.4. The Balaban J connectivity index is 0.00000312. The molecule has 1 heterocycles. The molecule has 1 atom stereocenters. The van der Waals surface area contributed by atoms with Gasteiger partial charge in [0, 0.05) is 38.7 Å². The molecule has 1 N–H and O–H groups in total. The standard InChI is InChI=1S/C20H33N3O.HI/c1-5-21-20(23-10-8-19(14-23)15-24-6-2)22-9-7-18-12-16(3)11-17(4)13-18;/h11-13,19H,5-10,14-15H2,1-4H3,(H,21,22);1H. The Morgan fingerprint density at radius 2 is 1.96 bits per heavy atom. The van der Waals surface area contributed by atoms with Crippen molar-refractivity contribution in [3.05, 3.63) is 34.9 Å². The first kappa shape index (κ1) is 22.2. The maximum Gasteiger partial charge on any atom is 0.193 e. The molecule has 0 bridgehead atoms. The van der Waals surface area contributed by atoms with Gasteiger partial charge in [-0.05, 0) is 46.1 Å². The van der Waals surface area contributed by atoms with Crippen LogP contribution in [0.4, 0.5) is 0 Å². The molecule has 5 heteroatoms. The van der Waals surface area contributed by atoms with Gasteiger partial charge in [-0.15, -0.1) is 24.0 Å². The van der Waals surface area contributed by atoms with Gasteiger partial charge >= 0.3 is 0 Å². The van der Waals surface area contributed by atoms with Crippen molar-refractivity contribution in [3.8, 4) is 0 Å². The van der Waals surface area contributed by atoms with Crippen LogP contribution in [0.1, 0.15) is 37.0 Å². The van der Waals surface area contributed by atoms with E-state index in [2.05, 4.69) is 56.1 Å². The number of rotatable bonds is 7. The van der Waals surface area contributed by atoms with E-state index in [4.69, 9.17) is 9.73 Å². The van der Waals surface area contributed by atoms with Gasteiger partial charge in [-0.25, -0.2) is 0 Å². The minimum atomic E-state index is 0. The number of benzene rings is 1. The predicted octanol–water partition coefficient (Wildman–Crippen LogP) is 3.79. The van der Waals surface area contributed by atoms with Crippen molar-refractivity contribution >= 4 is 29.9 Å². The van der Waals surface area contributed by atoms with Crippen LogP contribution >= 0.6 is 24.0 Å². The first-order valence-corrected chi connectivity index (χ1v) is 9.30. The van der Waals surface area contributed by atoms with Crippen LogP contribution in [0.25, 0.3) is 0 Å². The molecule has 1 aromatic carbocycles. The molecule has 1 unspecified atom stereocenters. The molecule has 1 saturated heterocycles. The van der Waals surface area contributed by atoms with E-state index in [1.54, 1.807) is 0 Å². The lowest BCUT2D eigenvalue weighted by molar-refractivity contribution is 0.114. The molecule has 1 aliphatic rings. The van der Waals surface area contributed by atoms with Crippen molar-refractivity contribution in [1.82, 2.24) is 10.2 Å². The Hall–Kier alpha value is -0.820. The Labute approximate surface area is 170 Å². The number of aliphatic imine (C=N–C) groups is 1. The molecule has 0 saturated carbocycles. The molecular weight excluding hydrogens is 425 g/mol. The summed E-state index contributed by atoms with van der Waals surface area (Å²) in [7, 11) is 0. The van der Waals surface area contributed by atoms with Crippen LogP contribution in [0.5, 0.6) is 0 Å². The molecule has 0 aromatic heterocycles. The molecular formula is C20H34IN3O. The average Bonchev–Trinajstić information content (AvgIpc) is 3.00. The van der Waals surface area contributed by atoms with Gasteiger partial charge in [0.05, 0.1) is 6.61 Å². The lowest BCUT2D eigenvalue weighted by Gasteiger charge is -2.21. The summed E-state index contributed by atoms with van der Waals surface area (Å²) < 4.78 is 5.58. The molecule has 0 amide bonds. The summed E-state index contributed by atoms with van der Waals surface area (Å²) in [5, 5.41) is 3.45. The van der Waals surface area contributed by atoms with Crippen molar-refractivity contribution in [2.75, 3.05) is 39.4 Å². The number of halogens is 1. The number of hydrogen-bond donors (Lipinski definition) is 1. The summed E-state index contributed by atoms with van der Waals surface area (Å²) in [6.45, 7) is 14.1. The van der Waals surface area contributed by atoms with Gasteiger partial charge in [0.2, 0.25) is 0 Å². The van der Waals surface area contributed by atoms with Crippen molar-refractivity contribution in [3.63, 3.8) is 0 Å². The summed E-state index contributed by atoms with van der Waals surface area (Å²) in [5.41, 5.74) is 4.04. The number of likely N-dealkylation sites (tertiary alicyclic amines) is 1. The first-order chi connectivity index (χ1) is 11.6. The highest BCUT2D eigenvalue weighted by atomic mass is 127. The van der Waals surface area contributed by atoms with Crippen molar-refractivity contribution in [1.29, 1.82) is 0 Å². The van der Waals surface area contributed by atoms with Gasteiger partial charge in [-0.2, -0.15) is 0 Å². The summed E-state index contributed by atoms with van der Waals surface area (Å²) in [4.78, 5) is 7.24. The minimum absolute atomic E-state index is 0. The van der Waals surface area contributed by atoms with Gasteiger partial charge in [-0.1, -0.05) is 29.3 Å². The molecule has 0 radical (unpaired) electrons. The molecule has 1 fully saturated rings. The average molecular weight is 459 g/mol. The van der Waals surface area contributed by atoms with Crippen molar-refractivity contribution in [2.24, 2.45) is 10.9 Å². The van der Waals surface area contributed by atoms with E-state index in [0.29, 0.717) is 5.92 Å². The monoisotopic (exact) mass is 459 g/mol. The van der Waals surface area contributed by atoms with E-state index in [1.165, 1.54) is 23.1 Å². The first-order valence-electron chi connectivity index (χ1n) is 9.30. The maximum atomic E-state index is 5.58. The third-order valence-corrected chi connectivity index (χ3v) is 4.42. The molecule has 0 aliphatic carbocycles. The third kappa shape index (κ3) is 7.52. The Morgan fingerprint density at radius 1 is 1.24 bits per heavy atom. The second-order valence-electron chi connectivity index (χ2n) is 6.74. The van der Waals surface area contributed by atoms with Crippen LogP contribution in [0.2, 0.25) is 0 Å². The fourth-order valence-electron chi connectivity index (χ4n) is 3.38. The summed E-state index contributed by atoms with van der Waals surface area (Å²) in [6, 6.07) is 6.76. The molecule has 4 nitrogen and oxygen atoms in total. The topological polar surface area (TPSA) is 36.9 Å². The van der Waals surface area contributed by atoms with Crippen LogP contribution in [0, 0.1) is 19.8 Å². The van der Waals surface area contributed by atoms with E-state index in [-0.39, 0.29) is 24.0 Å². The molecule has 25 heavy (non-hydrogen) atoms. The zero-order valence-electron chi connectivity index (χ0n) is 16.2. The van der Waals surface area contributed by atoms with Gasteiger partial charge in [0.25, 0.3) is 0 Å². The Kier molecular flexibility index (Phi) is 10.4. The molecule has 1 aliphatic heterocycles. The lowest BCUT2D eigenvalue weighted by atomic mass is 10.1. The quantitative estimate of drug-likeness (QED) is 0.383. The Bertz CT molecular complexity index is 527. The van der Waals surface area contributed by atoms with Crippen LogP contribution in [-0.2, 0) is 11.2 Å². The van der Waals surface area contributed by atoms with E-state index >= 15 is 0 Å². The summed E-state index contributed by atoms with van der Waals surface area (Å²) in [6.07, 6.45) is 2.19. The Morgan fingerprint density at radius 3 is 2.60 bits per heavy atom. The second-order valence-corrected chi connectivity index (χ2v) is 6.74. The highest BCUT2D eigenvalue weighted by Crippen LogP contribution is 2.17. The number of hydrogen-bond acceptors (Lipinski definition) is 2. The molecule has 2 rings (SSSR count). The van der Waals surface area contributed by atoms with E-state index < -0.39 is 0 Å². The largest absolute Gasteiger partial charge is 0.381 e. The predicted molar refractivity (Wildman–Crippen MR) is 117 cm³/mol. The maximum absolute atomic E-state index is 5.58.